The van der Waals surface area contributed by atoms with Crippen LogP contribution in [-0.4, -0.2) is 40.0 Å². The molecule has 3 rings (SSSR count). The van der Waals surface area contributed by atoms with Crippen molar-refractivity contribution in [2.24, 2.45) is 0 Å². The highest BCUT2D eigenvalue weighted by Crippen LogP contribution is 2.47. The Morgan fingerprint density at radius 1 is 1.45 bits per heavy atom. The van der Waals surface area contributed by atoms with Crippen molar-refractivity contribution < 1.29 is 14.3 Å². The molecule has 2 amide bonds. The van der Waals surface area contributed by atoms with Crippen LogP contribution in [0.3, 0.4) is 0 Å². The molecule has 0 saturated carbocycles. The molecule has 2 aliphatic heterocycles. The summed E-state index contributed by atoms with van der Waals surface area (Å²) in [6.45, 7) is 4.59. The van der Waals surface area contributed by atoms with Gasteiger partial charge in [-0.05, 0) is 44.5 Å². The third-order valence-corrected chi connectivity index (χ3v) is 5.69. The van der Waals surface area contributed by atoms with E-state index < -0.39 is 0 Å². The first-order valence-electron chi connectivity index (χ1n) is 7.53. The van der Waals surface area contributed by atoms with Crippen LogP contribution in [0.25, 0.3) is 0 Å². The molecule has 2 unspecified atom stereocenters. The van der Waals surface area contributed by atoms with Crippen LogP contribution in [0.4, 0.5) is 5.69 Å². The van der Waals surface area contributed by atoms with Gasteiger partial charge in [0.1, 0.15) is 11.8 Å². The van der Waals surface area contributed by atoms with E-state index in [1.54, 1.807) is 16.7 Å². The van der Waals surface area contributed by atoms with Gasteiger partial charge in [0.05, 0.1) is 11.5 Å². The number of nitrogens with zero attached hydrogens (tertiary/aromatic N) is 1. The average molecular weight is 320 g/mol. The summed E-state index contributed by atoms with van der Waals surface area (Å²) >= 11 is 1.70. The normalized spacial score (nSPS) is 26.9. The lowest BCUT2D eigenvalue weighted by Crippen LogP contribution is -2.48. The molecular formula is C16H20N2O3S. The van der Waals surface area contributed by atoms with Crippen LogP contribution >= 0.6 is 11.8 Å². The molecule has 0 aromatic heterocycles. The summed E-state index contributed by atoms with van der Waals surface area (Å²) < 4.78 is 5.38. The Labute approximate surface area is 134 Å². The molecule has 2 aliphatic rings. The number of amides is 2. The van der Waals surface area contributed by atoms with Crippen molar-refractivity contribution in [3.63, 3.8) is 0 Å². The highest BCUT2D eigenvalue weighted by molar-refractivity contribution is 8.01. The number of thioether (sulfide) groups is 1. The van der Waals surface area contributed by atoms with Crippen LogP contribution < -0.4 is 10.1 Å². The zero-order chi connectivity index (χ0) is 15.7. The van der Waals surface area contributed by atoms with Crippen LogP contribution in [0.2, 0.25) is 0 Å². The molecule has 0 aliphatic carbocycles. The van der Waals surface area contributed by atoms with Crippen molar-refractivity contribution in [1.82, 2.24) is 4.90 Å². The minimum atomic E-state index is -0.378. The minimum Gasteiger partial charge on any atom is -0.494 e. The van der Waals surface area contributed by atoms with E-state index in [1.165, 1.54) is 0 Å². The maximum Gasteiger partial charge on any atom is 0.248 e. The fourth-order valence-electron chi connectivity index (χ4n) is 3.04. The lowest BCUT2D eigenvalue weighted by Gasteiger charge is -2.29. The first kappa shape index (κ1) is 15.2. The first-order valence-corrected chi connectivity index (χ1v) is 8.52. The summed E-state index contributed by atoms with van der Waals surface area (Å²) in [6, 6.07) is 6.91. The van der Waals surface area contributed by atoms with Gasteiger partial charge >= 0.3 is 0 Å². The first-order chi connectivity index (χ1) is 10.5. The predicted octanol–water partition coefficient (Wildman–Crippen LogP) is 2.48. The van der Waals surface area contributed by atoms with E-state index in [0.717, 1.165) is 17.9 Å². The van der Waals surface area contributed by atoms with E-state index in [-0.39, 0.29) is 22.7 Å². The molecule has 2 fully saturated rings. The standard InChI is InChI=1S/C16H20N2O3S/c1-3-21-12-6-4-11(5-7-12)17-15(20)13-10-22-16(2)9-8-14(19)18(13)16/h4-7,13H,3,8-10H2,1-2H3,(H,17,20). The molecule has 2 atom stereocenters. The van der Waals surface area contributed by atoms with E-state index in [4.69, 9.17) is 4.74 Å². The third kappa shape index (κ3) is 2.67. The van der Waals surface area contributed by atoms with Crippen molar-refractivity contribution >= 4 is 29.3 Å². The van der Waals surface area contributed by atoms with Gasteiger partial charge in [-0.3, -0.25) is 9.59 Å². The number of hydrogen-bond donors (Lipinski definition) is 1. The van der Waals surface area contributed by atoms with Crippen LogP contribution in [-0.2, 0) is 9.59 Å². The molecule has 5 nitrogen and oxygen atoms in total. The number of carbonyl (C=O) groups is 2. The maximum atomic E-state index is 12.5. The lowest BCUT2D eigenvalue weighted by atomic mass is 10.2. The Kier molecular flexibility index (Phi) is 4.04. The predicted molar refractivity (Wildman–Crippen MR) is 87.0 cm³/mol. The quantitative estimate of drug-likeness (QED) is 0.926. The van der Waals surface area contributed by atoms with Gasteiger partial charge in [-0.1, -0.05) is 0 Å². The summed E-state index contributed by atoms with van der Waals surface area (Å²) in [5, 5.41) is 2.90. The van der Waals surface area contributed by atoms with Gasteiger partial charge in [-0.15, -0.1) is 11.8 Å². The summed E-state index contributed by atoms with van der Waals surface area (Å²) in [7, 11) is 0. The van der Waals surface area contributed by atoms with Crippen molar-refractivity contribution in [3.05, 3.63) is 24.3 Å². The fourth-order valence-corrected chi connectivity index (χ4v) is 4.47. The lowest BCUT2D eigenvalue weighted by molar-refractivity contribution is -0.135. The molecule has 2 saturated heterocycles. The van der Waals surface area contributed by atoms with Crippen molar-refractivity contribution in [2.75, 3.05) is 17.7 Å². The summed E-state index contributed by atoms with van der Waals surface area (Å²) in [5.41, 5.74) is 0.721. The van der Waals surface area contributed by atoms with Crippen molar-refractivity contribution in [2.45, 2.75) is 37.6 Å². The molecule has 2 heterocycles. The van der Waals surface area contributed by atoms with Gasteiger partial charge in [-0.25, -0.2) is 0 Å². The number of ether oxygens (including phenoxy) is 1. The minimum absolute atomic E-state index is 0.0827. The Hall–Kier alpha value is -1.69. The average Bonchev–Trinajstić information content (AvgIpc) is 2.98. The second-order valence-corrected chi connectivity index (χ2v) is 7.21. The fraction of sp³-hybridized carbons (Fsp3) is 0.500. The molecule has 0 bridgehead atoms. The van der Waals surface area contributed by atoms with E-state index in [0.29, 0.717) is 18.8 Å². The third-order valence-electron chi connectivity index (χ3n) is 4.18. The zero-order valence-corrected chi connectivity index (χ0v) is 13.6. The number of anilines is 1. The Morgan fingerprint density at radius 3 is 2.86 bits per heavy atom. The van der Waals surface area contributed by atoms with Gasteiger partial charge in [0.25, 0.3) is 0 Å². The number of rotatable bonds is 4. The molecule has 1 aromatic rings. The molecule has 1 aromatic carbocycles. The van der Waals surface area contributed by atoms with Crippen LogP contribution in [0.5, 0.6) is 5.75 Å². The largest absolute Gasteiger partial charge is 0.494 e. The molecular weight excluding hydrogens is 300 g/mol. The topological polar surface area (TPSA) is 58.6 Å². The highest BCUT2D eigenvalue weighted by Gasteiger charge is 2.52. The van der Waals surface area contributed by atoms with E-state index in [2.05, 4.69) is 5.32 Å². The number of benzene rings is 1. The second-order valence-electron chi connectivity index (χ2n) is 5.71. The Bertz CT molecular complexity index is 590. The van der Waals surface area contributed by atoms with Gasteiger partial charge < -0.3 is 15.0 Å². The molecule has 118 valence electrons. The van der Waals surface area contributed by atoms with Crippen LogP contribution in [0.15, 0.2) is 24.3 Å². The molecule has 0 radical (unpaired) electrons. The van der Waals surface area contributed by atoms with Gasteiger partial charge in [0.15, 0.2) is 0 Å². The number of fused-ring (bicyclic) bond motifs is 1. The number of hydrogen-bond acceptors (Lipinski definition) is 4. The monoisotopic (exact) mass is 320 g/mol. The van der Waals surface area contributed by atoms with Crippen LogP contribution in [0.1, 0.15) is 26.7 Å². The smallest absolute Gasteiger partial charge is 0.248 e. The van der Waals surface area contributed by atoms with Crippen LogP contribution in [0, 0.1) is 0 Å². The van der Waals surface area contributed by atoms with E-state index >= 15 is 0 Å². The van der Waals surface area contributed by atoms with Crippen molar-refractivity contribution in [1.29, 1.82) is 0 Å². The molecule has 1 N–H and O–H groups in total. The molecule has 0 spiro atoms. The second kappa shape index (κ2) is 5.83. The Morgan fingerprint density at radius 2 is 2.18 bits per heavy atom. The maximum absolute atomic E-state index is 12.5. The van der Waals surface area contributed by atoms with Crippen molar-refractivity contribution in [3.8, 4) is 5.75 Å². The van der Waals surface area contributed by atoms with Gasteiger partial charge in [0.2, 0.25) is 11.8 Å². The van der Waals surface area contributed by atoms with E-state index in [1.807, 2.05) is 38.1 Å². The molecule has 22 heavy (non-hydrogen) atoms. The number of carbonyl (C=O) groups excluding carboxylic acids is 2. The SMILES string of the molecule is CCOc1ccc(NC(=O)C2CSC3(C)CCC(=O)N23)cc1. The Balaban J connectivity index is 1.68. The zero-order valence-electron chi connectivity index (χ0n) is 12.8. The summed E-state index contributed by atoms with van der Waals surface area (Å²) in [5.74, 6) is 1.40. The number of nitrogens with one attached hydrogen (secondary N) is 1. The van der Waals surface area contributed by atoms with E-state index in [9.17, 15) is 9.59 Å². The van der Waals surface area contributed by atoms with Gasteiger partial charge in [0, 0.05) is 17.9 Å². The highest BCUT2D eigenvalue weighted by atomic mass is 32.2. The molecule has 6 heteroatoms. The summed E-state index contributed by atoms with van der Waals surface area (Å²) in [6.07, 6.45) is 1.36. The summed E-state index contributed by atoms with van der Waals surface area (Å²) in [4.78, 5) is 26.1. The van der Waals surface area contributed by atoms with Gasteiger partial charge in [-0.2, -0.15) is 0 Å².